The fourth-order valence-corrected chi connectivity index (χ4v) is 5.20. The molecule has 154 valence electrons. The van der Waals surface area contributed by atoms with Crippen molar-refractivity contribution in [2.24, 2.45) is 5.73 Å². The van der Waals surface area contributed by atoms with Gasteiger partial charge in [-0.2, -0.15) is 5.26 Å². The van der Waals surface area contributed by atoms with Gasteiger partial charge in [-0.25, -0.2) is 0 Å². The van der Waals surface area contributed by atoms with Gasteiger partial charge in [-0.3, -0.25) is 14.5 Å². The third-order valence-corrected chi connectivity index (χ3v) is 6.48. The average molecular weight is 431 g/mol. The van der Waals surface area contributed by atoms with E-state index in [1.54, 1.807) is 29.2 Å². The van der Waals surface area contributed by atoms with Crippen molar-refractivity contribution in [3.05, 3.63) is 81.3 Å². The van der Waals surface area contributed by atoms with Gasteiger partial charge in [-0.1, -0.05) is 35.4 Å². The highest BCUT2D eigenvalue weighted by Gasteiger charge is 2.60. The second-order valence-electron chi connectivity index (χ2n) is 8.04. The van der Waals surface area contributed by atoms with E-state index in [-0.39, 0.29) is 17.2 Å². The van der Waals surface area contributed by atoms with Gasteiger partial charge in [0.15, 0.2) is 5.78 Å². The summed E-state index contributed by atoms with van der Waals surface area (Å²) in [5.74, 6) is -0.415. The van der Waals surface area contributed by atoms with Crippen molar-refractivity contribution in [1.82, 2.24) is 0 Å². The number of rotatable bonds is 1. The molecule has 3 aliphatic rings. The maximum Gasteiger partial charge on any atom is 0.245 e. The lowest BCUT2D eigenvalue weighted by Crippen LogP contribution is -2.50. The summed E-state index contributed by atoms with van der Waals surface area (Å²) in [6.45, 7) is 1.91. The van der Waals surface area contributed by atoms with Crippen LogP contribution in [0.3, 0.4) is 0 Å². The molecular weight excluding hydrogens is 412 g/mol. The van der Waals surface area contributed by atoms with Crippen molar-refractivity contribution in [2.45, 2.75) is 31.6 Å². The van der Waals surface area contributed by atoms with Crippen LogP contribution in [0.5, 0.6) is 0 Å². The molecule has 5 rings (SSSR count). The van der Waals surface area contributed by atoms with Crippen molar-refractivity contribution >= 4 is 34.7 Å². The molecule has 3 N–H and O–H groups in total. The number of nitrogens with two attached hydrogens (primary N) is 1. The van der Waals surface area contributed by atoms with Gasteiger partial charge in [0.05, 0.1) is 5.57 Å². The molecule has 2 aromatic carbocycles. The van der Waals surface area contributed by atoms with Crippen LogP contribution in [0.25, 0.3) is 0 Å². The number of carbonyl (C=O) groups excluding carboxylic acids is 2. The van der Waals surface area contributed by atoms with E-state index in [2.05, 4.69) is 11.4 Å². The van der Waals surface area contributed by atoms with Crippen molar-refractivity contribution in [3.8, 4) is 6.07 Å². The van der Waals surface area contributed by atoms with Crippen LogP contribution in [0.2, 0.25) is 5.02 Å². The molecular formula is C24H19ClN4O2. The Morgan fingerprint density at radius 3 is 2.74 bits per heavy atom. The average Bonchev–Trinajstić information content (AvgIpc) is 3.00. The van der Waals surface area contributed by atoms with Crippen LogP contribution in [0.1, 0.15) is 30.4 Å². The van der Waals surface area contributed by atoms with Gasteiger partial charge in [0.2, 0.25) is 5.91 Å². The molecule has 7 heteroatoms. The highest BCUT2D eigenvalue weighted by atomic mass is 35.5. The Bertz CT molecular complexity index is 1290. The van der Waals surface area contributed by atoms with E-state index in [1.807, 2.05) is 25.1 Å². The maximum absolute atomic E-state index is 13.6. The molecule has 2 aliphatic heterocycles. The number of nitrogens with one attached hydrogen (secondary N) is 1. The molecule has 2 aromatic rings. The van der Waals surface area contributed by atoms with Crippen LogP contribution in [0.4, 0.5) is 11.4 Å². The minimum absolute atomic E-state index is 0.0586. The molecule has 31 heavy (non-hydrogen) atoms. The summed E-state index contributed by atoms with van der Waals surface area (Å²) in [5, 5.41) is 13.6. The molecule has 0 fully saturated rings. The van der Waals surface area contributed by atoms with Crippen LogP contribution in [0.15, 0.2) is 65.1 Å². The number of hydrogen-bond donors (Lipinski definition) is 2. The molecule has 2 heterocycles. The van der Waals surface area contributed by atoms with E-state index < -0.39 is 11.3 Å². The van der Waals surface area contributed by atoms with Crippen LogP contribution in [-0.2, 0) is 15.0 Å². The number of halogens is 1. The van der Waals surface area contributed by atoms with Crippen molar-refractivity contribution < 1.29 is 9.59 Å². The van der Waals surface area contributed by atoms with Gasteiger partial charge in [0.25, 0.3) is 0 Å². The SMILES string of the molecule is Cc1ccc2c(c1)C1(C(=O)N2)C(C#N)=C(N)N(c2cccc(Cl)c2)C2=C1C(=O)CCC2. The molecule has 0 saturated carbocycles. The lowest BCUT2D eigenvalue weighted by atomic mass is 9.63. The standard InChI is InChI=1S/C24H19ClN4O2/c1-13-8-9-18-16(10-13)24(23(31)28-18)17(12-26)22(27)29(15-5-2-4-14(25)11-15)19-6-3-7-20(30)21(19)24/h2,4-5,8-11H,3,6-7,27H2,1H3,(H,28,31). The van der Waals surface area contributed by atoms with Crippen LogP contribution in [-0.4, -0.2) is 11.7 Å². The van der Waals surface area contributed by atoms with Crippen molar-refractivity contribution in [3.63, 3.8) is 0 Å². The molecule has 6 nitrogen and oxygen atoms in total. The molecule has 1 spiro atoms. The normalized spacial score (nSPS) is 22.4. The first-order chi connectivity index (χ1) is 14.9. The summed E-state index contributed by atoms with van der Waals surface area (Å²) in [5.41, 5.74) is 8.88. The molecule has 1 atom stereocenters. The summed E-state index contributed by atoms with van der Waals surface area (Å²) in [4.78, 5) is 28.6. The Morgan fingerprint density at radius 1 is 1.19 bits per heavy atom. The summed E-state index contributed by atoms with van der Waals surface area (Å²) in [6.07, 6.45) is 1.52. The number of nitrogens with zero attached hydrogens (tertiary/aromatic N) is 2. The Kier molecular flexibility index (Phi) is 4.21. The number of nitriles is 1. The molecule has 0 radical (unpaired) electrons. The third-order valence-electron chi connectivity index (χ3n) is 6.25. The van der Waals surface area contributed by atoms with Crippen molar-refractivity contribution in [2.75, 3.05) is 10.2 Å². The summed E-state index contributed by atoms with van der Waals surface area (Å²) in [7, 11) is 0. The zero-order chi connectivity index (χ0) is 21.9. The number of fused-ring (bicyclic) bond motifs is 3. The summed E-state index contributed by atoms with van der Waals surface area (Å²) < 4.78 is 0. The highest BCUT2D eigenvalue weighted by Crippen LogP contribution is 2.55. The van der Waals surface area contributed by atoms with Gasteiger partial charge >= 0.3 is 0 Å². The Morgan fingerprint density at radius 2 is 2.00 bits per heavy atom. The monoisotopic (exact) mass is 430 g/mol. The minimum atomic E-state index is -1.54. The van der Waals surface area contributed by atoms with Crippen LogP contribution >= 0.6 is 11.6 Å². The van der Waals surface area contributed by atoms with Crippen molar-refractivity contribution in [1.29, 1.82) is 5.26 Å². The van der Waals surface area contributed by atoms with E-state index in [0.29, 0.717) is 52.5 Å². The second-order valence-corrected chi connectivity index (χ2v) is 8.48. The van der Waals surface area contributed by atoms with Gasteiger partial charge in [0, 0.05) is 39.7 Å². The minimum Gasteiger partial charge on any atom is -0.384 e. The highest BCUT2D eigenvalue weighted by molar-refractivity contribution is 6.30. The number of amides is 1. The molecule has 1 unspecified atom stereocenters. The number of anilines is 2. The van der Waals surface area contributed by atoms with Gasteiger partial charge < -0.3 is 11.1 Å². The lowest BCUT2D eigenvalue weighted by Gasteiger charge is -2.43. The topological polar surface area (TPSA) is 99.2 Å². The fourth-order valence-electron chi connectivity index (χ4n) is 5.01. The third kappa shape index (κ3) is 2.50. The number of carbonyl (C=O) groups is 2. The van der Waals surface area contributed by atoms with E-state index in [9.17, 15) is 14.9 Å². The van der Waals surface area contributed by atoms with Crippen LogP contribution in [0, 0.1) is 18.3 Å². The predicted molar refractivity (Wildman–Crippen MR) is 118 cm³/mol. The van der Waals surface area contributed by atoms with Crippen LogP contribution < -0.4 is 16.0 Å². The first-order valence-electron chi connectivity index (χ1n) is 10.0. The quantitative estimate of drug-likeness (QED) is 0.710. The number of allylic oxidation sites excluding steroid dienone is 1. The zero-order valence-electron chi connectivity index (χ0n) is 16.8. The number of benzene rings is 2. The predicted octanol–water partition coefficient (Wildman–Crippen LogP) is 4.06. The second kappa shape index (κ2) is 6.73. The smallest absolute Gasteiger partial charge is 0.245 e. The fraction of sp³-hybridized carbons (Fsp3) is 0.208. The maximum atomic E-state index is 13.6. The molecule has 0 aromatic heterocycles. The molecule has 0 bridgehead atoms. The number of hydrogen-bond acceptors (Lipinski definition) is 5. The summed E-state index contributed by atoms with van der Waals surface area (Å²) in [6, 6.07) is 14.8. The van der Waals surface area contributed by atoms with E-state index >= 15 is 0 Å². The Labute approximate surface area is 184 Å². The first kappa shape index (κ1) is 19.4. The van der Waals surface area contributed by atoms with Gasteiger partial charge in [-0.05, 0) is 44.0 Å². The Balaban J connectivity index is 1.90. The molecule has 0 saturated heterocycles. The number of ketones is 1. The summed E-state index contributed by atoms with van der Waals surface area (Å²) >= 11 is 6.22. The van der Waals surface area contributed by atoms with E-state index in [4.69, 9.17) is 17.3 Å². The Hall–Kier alpha value is -3.56. The zero-order valence-corrected chi connectivity index (χ0v) is 17.6. The lowest BCUT2D eigenvalue weighted by molar-refractivity contribution is -0.122. The number of Topliss-reactive ketones (excluding diaryl/α,β-unsaturated/α-hetero) is 1. The first-order valence-corrected chi connectivity index (χ1v) is 10.4. The van der Waals surface area contributed by atoms with E-state index in [1.165, 1.54) is 0 Å². The van der Waals surface area contributed by atoms with Gasteiger partial charge in [0.1, 0.15) is 17.3 Å². The van der Waals surface area contributed by atoms with Gasteiger partial charge in [-0.15, -0.1) is 0 Å². The number of aryl methyl sites for hydroxylation is 1. The molecule has 1 aliphatic carbocycles. The largest absolute Gasteiger partial charge is 0.384 e. The molecule has 1 amide bonds. The van der Waals surface area contributed by atoms with E-state index in [0.717, 1.165) is 5.56 Å².